The second kappa shape index (κ2) is 7.78. The summed E-state index contributed by atoms with van der Waals surface area (Å²) in [5.74, 6) is 2.13. The van der Waals surface area contributed by atoms with E-state index in [1.54, 1.807) is 26.4 Å². The molecule has 0 aromatic heterocycles. The van der Waals surface area contributed by atoms with Crippen LogP contribution in [0, 0.1) is 5.92 Å². The Balaban J connectivity index is 1.65. The zero-order valence-corrected chi connectivity index (χ0v) is 15.8. The fourth-order valence-electron chi connectivity index (χ4n) is 2.86. The van der Waals surface area contributed by atoms with Crippen LogP contribution in [0.25, 0.3) is 0 Å². The van der Waals surface area contributed by atoms with Gasteiger partial charge in [0.05, 0.1) is 20.8 Å². The summed E-state index contributed by atoms with van der Waals surface area (Å²) in [6.45, 7) is 1.15. The number of benzene rings is 2. The Kier molecular flexibility index (Phi) is 5.48. The van der Waals surface area contributed by atoms with Crippen molar-refractivity contribution in [2.24, 2.45) is 5.92 Å². The lowest BCUT2D eigenvalue weighted by Crippen LogP contribution is -2.34. The highest BCUT2D eigenvalue weighted by molar-refractivity contribution is 9.10. The summed E-state index contributed by atoms with van der Waals surface area (Å²) in [4.78, 5) is 12.5. The molecule has 0 saturated carbocycles. The van der Waals surface area contributed by atoms with Crippen LogP contribution >= 0.6 is 15.9 Å². The Morgan fingerprint density at radius 2 is 1.92 bits per heavy atom. The molecule has 2 aromatic rings. The number of methoxy groups -OCH3 is 2. The number of carbonyl (C=O) groups is 1. The van der Waals surface area contributed by atoms with Gasteiger partial charge in [0.1, 0.15) is 21.7 Å². The minimum atomic E-state index is -0.164. The monoisotopic (exact) mass is 405 g/mol. The van der Waals surface area contributed by atoms with Crippen LogP contribution in [0.15, 0.2) is 40.9 Å². The molecule has 1 N–H and O–H groups in total. The normalized spacial score (nSPS) is 15.7. The van der Waals surface area contributed by atoms with Crippen molar-refractivity contribution >= 4 is 21.8 Å². The van der Waals surface area contributed by atoms with Crippen molar-refractivity contribution in [2.75, 3.05) is 27.4 Å². The van der Waals surface area contributed by atoms with Gasteiger partial charge in [0, 0.05) is 18.0 Å². The SMILES string of the molecule is COc1cc(C(=O)NCC2COc3ccccc3C2)cc(OC)c1Br. The number of para-hydroxylation sites is 1. The largest absolute Gasteiger partial charge is 0.495 e. The van der Waals surface area contributed by atoms with Gasteiger partial charge in [-0.3, -0.25) is 4.79 Å². The first-order valence-electron chi connectivity index (χ1n) is 8.02. The number of hydrogen-bond donors (Lipinski definition) is 1. The molecular formula is C19H20BrNO4. The molecular weight excluding hydrogens is 386 g/mol. The molecule has 0 aliphatic carbocycles. The highest BCUT2D eigenvalue weighted by atomic mass is 79.9. The zero-order valence-electron chi connectivity index (χ0n) is 14.2. The summed E-state index contributed by atoms with van der Waals surface area (Å²) in [6.07, 6.45) is 0.892. The lowest BCUT2D eigenvalue weighted by Gasteiger charge is -2.25. The molecule has 0 radical (unpaired) electrons. The molecule has 1 amide bonds. The van der Waals surface area contributed by atoms with Crippen LogP contribution in [0.5, 0.6) is 17.2 Å². The van der Waals surface area contributed by atoms with E-state index < -0.39 is 0 Å². The molecule has 1 unspecified atom stereocenters. The molecule has 1 heterocycles. The number of carbonyl (C=O) groups excluding carboxylic acids is 1. The van der Waals surface area contributed by atoms with E-state index in [1.165, 1.54) is 5.56 Å². The molecule has 3 rings (SSSR count). The maximum absolute atomic E-state index is 12.5. The molecule has 0 fully saturated rings. The quantitative estimate of drug-likeness (QED) is 0.827. The van der Waals surface area contributed by atoms with E-state index in [9.17, 15) is 4.79 Å². The Labute approximate surface area is 155 Å². The van der Waals surface area contributed by atoms with Crippen LogP contribution in [0.2, 0.25) is 0 Å². The number of hydrogen-bond acceptors (Lipinski definition) is 4. The average molecular weight is 406 g/mol. The Morgan fingerprint density at radius 1 is 1.24 bits per heavy atom. The summed E-state index contributed by atoms with van der Waals surface area (Å²) in [7, 11) is 3.11. The average Bonchev–Trinajstić information content (AvgIpc) is 2.66. The molecule has 6 heteroatoms. The molecule has 0 saturated heterocycles. The number of halogens is 1. The molecule has 1 aliphatic heterocycles. The Morgan fingerprint density at radius 3 is 2.60 bits per heavy atom. The minimum absolute atomic E-state index is 0.164. The van der Waals surface area contributed by atoms with Crippen molar-refractivity contribution < 1.29 is 19.0 Å². The third-order valence-electron chi connectivity index (χ3n) is 4.21. The van der Waals surface area contributed by atoms with Gasteiger partial charge in [-0.25, -0.2) is 0 Å². The first kappa shape index (κ1) is 17.6. The smallest absolute Gasteiger partial charge is 0.251 e. The third kappa shape index (κ3) is 3.90. The van der Waals surface area contributed by atoms with Crippen LogP contribution < -0.4 is 19.5 Å². The van der Waals surface area contributed by atoms with Gasteiger partial charge in [-0.05, 0) is 46.1 Å². The molecule has 1 aliphatic rings. The summed E-state index contributed by atoms with van der Waals surface area (Å²) in [6, 6.07) is 11.4. The Hall–Kier alpha value is -2.21. The van der Waals surface area contributed by atoms with E-state index in [0.717, 1.165) is 12.2 Å². The summed E-state index contributed by atoms with van der Waals surface area (Å²) >= 11 is 3.40. The van der Waals surface area contributed by atoms with E-state index >= 15 is 0 Å². The van der Waals surface area contributed by atoms with Gasteiger partial charge in [-0.15, -0.1) is 0 Å². The third-order valence-corrected chi connectivity index (χ3v) is 5.00. The van der Waals surface area contributed by atoms with Crippen LogP contribution in [0.3, 0.4) is 0 Å². The number of nitrogens with one attached hydrogen (secondary N) is 1. The maximum Gasteiger partial charge on any atom is 0.251 e. The van der Waals surface area contributed by atoms with Crippen molar-refractivity contribution in [1.82, 2.24) is 5.32 Å². The fraction of sp³-hybridized carbons (Fsp3) is 0.316. The zero-order chi connectivity index (χ0) is 17.8. The first-order valence-corrected chi connectivity index (χ1v) is 8.82. The number of fused-ring (bicyclic) bond motifs is 1. The molecule has 0 spiro atoms. The van der Waals surface area contributed by atoms with Gasteiger partial charge in [0.15, 0.2) is 0 Å². The van der Waals surface area contributed by atoms with Crippen molar-refractivity contribution in [3.8, 4) is 17.2 Å². The standard InChI is InChI=1S/C19H20BrNO4/c1-23-16-8-14(9-17(24-2)18(16)20)19(22)21-10-12-7-13-5-3-4-6-15(13)25-11-12/h3-6,8-9,12H,7,10-11H2,1-2H3,(H,21,22). The lowest BCUT2D eigenvalue weighted by molar-refractivity contribution is 0.0938. The van der Waals surface area contributed by atoms with E-state index in [1.807, 2.05) is 18.2 Å². The predicted molar refractivity (Wildman–Crippen MR) is 98.7 cm³/mol. The van der Waals surface area contributed by atoms with Gasteiger partial charge in [-0.2, -0.15) is 0 Å². The molecule has 132 valence electrons. The lowest BCUT2D eigenvalue weighted by atomic mass is 9.96. The van der Waals surface area contributed by atoms with E-state index in [-0.39, 0.29) is 11.8 Å². The van der Waals surface area contributed by atoms with E-state index in [4.69, 9.17) is 14.2 Å². The van der Waals surface area contributed by atoms with Crippen molar-refractivity contribution in [3.05, 3.63) is 52.0 Å². The molecule has 25 heavy (non-hydrogen) atoms. The van der Waals surface area contributed by atoms with E-state index in [0.29, 0.717) is 34.7 Å². The van der Waals surface area contributed by atoms with Gasteiger partial charge in [0.2, 0.25) is 0 Å². The van der Waals surface area contributed by atoms with Crippen LogP contribution in [-0.4, -0.2) is 33.3 Å². The van der Waals surface area contributed by atoms with Gasteiger partial charge < -0.3 is 19.5 Å². The number of rotatable bonds is 5. The minimum Gasteiger partial charge on any atom is -0.495 e. The highest BCUT2D eigenvalue weighted by Crippen LogP contribution is 2.35. The highest BCUT2D eigenvalue weighted by Gasteiger charge is 2.21. The van der Waals surface area contributed by atoms with Crippen LogP contribution in [-0.2, 0) is 6.42 Å². The molecule has 1 atom stereocenters. The maximum atomic E-state index is 12.5. The second-order valence-corrected chi connectivity index (χ2v) is 6.69. The van der Waals surface area contributed by atoms with Crippen molar-refractivity contribution in [3.63, 3.8) is 0 Å². The fourth-order valence-corrected chi connectivity index (χ4v) is 3.41. The summed E-state index contributed by atoms with van der Waals surface area (Å²) in [5, 5.41) is 2.98. The molecule has 2 aromatic carbocycles. The number of amides is 1. The second-order valence-electron chi connectivity index (χ2n) is 5.89. The molecule has 0 bridgehead atoms. The van der Waals surface area contributed by atoms with E-state index in [2.05, 4.69) is 27.3 Å². The van der Waals surface area contributed by atoms with Crippen LogP contribution in [0.4, 0.5) is 0 Å². The van der Waals surface area contributed by atoms with Crippen LogP contribution in [0.1, 0.15) is 15.9 Å². The first-order chi connectivity index (χ1) is 12.1. The number of ether oxygens (including phenoxy) is 3. The van der Waals surface area contributed by atoms with Gasteiger partial charge in [0.25, 0.3) is 5.91 Å². The Bertz CT molecular complexity index is 753. The van der Waals surface area contributed by atoms with Crippen molar-refractivity contribution in [2.45, 2.75) is 6.42 Å². The van der Waals surface area contributed by atoms with Crippen molar-refractivity contribution in [1.29, 1.82) is 0 Å². The topological polar surface area (TPSA) is 56.8 Å². The van der Waals surface area contributed by atoms with Gasteiger partial charge >= 0.3 is 0 Å². The summed E-state index contributed by atoms with van der Waals surface area (Å²) in [5.41, 5.74) is 1.68. The molecule has 5 nitrogen and oxygen atoms in total. The summed E-state index contributed by atoms with van der Waals surface area (Å²) < 4.78 is 17.0. The predicted octanol–water partition coefficient (Wildman–Crippen LogP) is 3.45. The van der Waals surface area contributed by atoms with Gasteiger partial charge in [-0.1, -0.05) is 18.2 Å².